The SMILES string of the molecule is O=C1CCCCC1CN1CCN(c2cccc(Cl)c2)CC1. The minimum Gasteiger partial charge on any atom is -0.369 e. The van der Waals surface area contributed by atoms with Crippen molar-refractivity contribution in [1.82, 2.24) is 4.90 Å². The Morgan fingerprint density at radius 3 is 2.67 bits per heavy atom. The van der Waals surface area contributed by atoms with E-state index in [1.807, 2.05) is 18.2 Å². The van der Waals surface area contributed by atoms with Gasteiger partial charge in [-0.1, -0.05) is 24.1 Å². The number of piperazine rings is 1. The van der Waals surface area contributed by atoms with Gasteiger partial charge in [0.2, 0.25) is 0 Å². The molecule has 4 heteroatoms. The number of anilines is 1. The third-order valence-corrected chi connectivity index (χ3v) is 4.94. The van der Waals surface area contributed by atoms with E-state index in [0.29, 0.717) is 5.78 Å². The topological polar surface area (TPSA) is 23.6 Å². The Kier molecular flexibility index (Phi) is 4.81. The molecule has 2 aliphatic rings. The molecule has 3 rings (SSSR count). The number of hydrogen-bond acceptors (Lipinski definition) is 3. The highest BCUT2D eigenvalue weighted by Crippen LogP contribution is 2.24. The van der Waals surface area contributed by atoms with Crippen molar-refractivity contribution in [3.05, 3.63) is 29.3 Å². The van der Waals surface area contributed by atoms with Crippen LogP contribution in [0, 0.1) is 5.92 Å². The van der Waals surface area contributed by atoms with Crippen LogP contribution in [0.4, 0.5) is 5.69 Å². The van der Waals surface area contributed by atoms with Crippen LogP contribution < -0.4 is 4.90 Å². The Morgan fingerprint density at radius 1 is 1.14 bits per heavy atom. The number of ketones is 1. The Balaban J connectivity index is 1.52. The molecule has 1 unspecified atom stereocenters. The largest absolute Gasteiger partial charge is 0.369 e. The van der Waals surface area contributed by atoms with Crippen molar-refractivity contribution in [1.29, 1.82) is 0 Å². The van der Waals surface area contributed by atoms with E-state index in [0.717, 1.165) is 57.0 Å². The summed E-state index contributed by atoms with van der Waals surface area (Å²) >= 11 is 6.06. The van der Waals surface area contributed by atoms with Crippen molar-refractivity contribution >= 4 is 23.1 Å². The smallest absolute Gasteiger partial charge is 0.137 e. The molecule has 1 aromatic rings. The average Bonchev–Trinajstić information content (AvgIpc) is 2.50. The number of hydrogen-bond donors (Lipinski definition) is 0. The minimum absolute atomic E-state index is 0.288. The van der Waals surface area contributed by atoms with Gasteiger partial charge in [0.05, 0.1) is 0 Å². The van der Waals surface area contributed by atoms with E-state index in [2.05, 4.69) is 15.9 Å². The Morgan fingerprint density at radius 2 is 1.95 bits per heavy atom. The molecule has 0 radical (unpaired) electrons. The molecule has 1 saturated carbocycles. The number of rotatable bonds is 3. The van der Waals surface area contributed by atoms with Gasteiger partial charge in [-0.15, -0.1) is 0 Å². The molecule has 2 fully saturated rings. The van der Waals surface area contributed by atoms with E-state index >= 15 is 0 Å². The Labute approximate surface area is 131 Å². The Bertz CT molecular complexity index is 497. The second-order valence-electron chi connectivity index (χ2n) is 6.18. The van der Waals surface area contributed by atoms with Crippen molar-refractivity contribution in [2.75, 3.05) is 37.6 Å². The highest BCUT2D eigenvalue weighted by molar-refractivity contribution is 6.30. The van der Waals surface area contributed by atoms with Gasteiger partial charge in [0.25, 0.3) is 0 Å². The van der Waals surface area contributed by atoms with Crippen molar-refractivity contribution in [2.24, 2.45) is 5.92 Å². The van der Waals surface area contributed by atoms with Gasteiger partial charge in [0, 0.05) is 55.8 Å². The molecule has 0 N–H and O–H groups in total. The number of halogens is 1. The predicted molar refractivity (Wildman–Crippen MR) is 87.1 cm³/mol. The lowest BCUT2D eigenvalue weighted by molar-refractivity contribution is -0.125. The van der Waals surface area contributed by atoms with Gasteiger partial charge < -0.3 is 4.90 Å². The standard InChI is InChI=1S/C17H23ClN2O/c18-15-5-3-6-16(12-15)20-10-8-19(9-11-20)13-14-4-1-2-7-17(14)21/h3,5-6,12,14H,1-2,4,7-11,13H2. The summed E-state index contributed by atoms with van der Waals surface area (Å²) in [4.78, 5) is 16.8. The molecule has 1 heterocycles. The lowest BCUT2D eigenvalue weighted by Gasteiger charge is -2.38. The van der Waals surface area contributed by atoms with Gasteiger partial charge in [-0.3, -0.25) is 9.69 Å². The molecular formula is C17H23ClN2O. The van der Waals surface area contributed by atoms with Crippen LogP contribution in [0.1, 0.15) is 25.7 Å². The lowest BCUT2D eigenvalue weighted by Crippen LogP contribution is -2.48. The van der Waals surface area contributed by atoms with Crippen LogP contribution in [-0.2, 0) is 4.79 Å². The summed E-state index contributed by atoms with van der Waals surface area (Å²) in [5.41, 5.74) is 1.20. The van der Waals surface area contributed by atoms with Gasteiger partial charge in [0.1, 0.15) is 5.78 Å². The fourth-order valence-corrected chi connectivity index (χ4v) is 3.61. The van der Waals surface area contributed by atoms with Gasteiger partial charge in [-0.2, -0.15) is 0 Å². The van der Waals surface area contributed by atoms with E-state index in [4.69, 9.17) is 11.6 Å². The first-order valence-electron chi connectivity index (χ1n) is 7.98. The first kappa shape index (κ1) is 14.9. The third-order valence-electron chi connectivity index (χ3n) is 4.71. The zero-order valence-electron chi connectivity index (χ0n) is 12.4. The molecule has 1 atom stereocenters. The molecule has 1 saturated heterocycles. The molecule has 0 spiro atoms. The monoisotopic (exact) mass is 306 g/mol. The zero-order chi connectivity index (χ0) is 14.7. The van der Waals surface area contributed by atoms with Crippen LogP contribution in [0.5, 0.6) is 0 Å². The van der Waals surface area contributed by atoms with Crippen molar-refractivity contribution in [3.8, 4) is 0 Å². The molecule has 21 heavy (non-hydrogen) atoms. The molecule has 0 aromatic heterocycles. The highest BCUT2D eigenvalue weighted by atomic mass is 35.5. The maximum absolute atomic E-state index is 11.9. The summed E-state index contributed by atoms with van der Waals surface area (Å²) in [7, 11) is 0. The maximum atomic E-state index is 11.9. The predicted octanol–water partition coefficient (Wildman–Crippen LogP) is 3.22. The van der Waals surface area contributed by atoms with Gasteiger partial charge in [0.15, 0.2) is 0 Å². The van der Waals surface area contributed by atoms with Crippen LogP contribution in [0.3, 0.4) is 0 Å². The highest BCUT2D eigenvalue weighted by Gasteiger charge is 2.26. The zero-order valence-corrected chi connectivity index (χ0v) is 13.2. The van der Waals surface area contributed by atoms with Gasteiger partial charge in [-0.25, -0.2) is 0 Å². The minimum atomic E-state index is 0.288. The molecule has 0 amide bonds. The first-order valence-corrected chi connectivity index (χ1v) is 8.36. The third kappa shape index (κ3) is 3.78. The molecule has 0 bridgehead atoms. The molecular weight excluding hydrogens is 284 g/mol. The van der Waals surface area contributed by atoms with Crippen LogP contribution in [0.2, 0.25) is 5.02 Å². The van der Waals surface area contributed by atoms with Crippen molar-refractivity contribution < 1.29 is 4.79 Å². The Hall–Kier alpha value is -1.06. The fourth-order valence-electron chi connectivity index (χ4n) is 3.42. The lowest BCUT2D eigenvalue weighted by atomic mass is 9.87. The summed E-state index contributed by atoms with van der Waals surface area (Å²) < 4.78 is 0. The normalized spacial score (nSPS) is 24.3. The van der Waals surface area contributed by atoms with E-state index in [9.17, 15) is 4.79 Å². The maximum Gasteiger partial charge on any atom is 0.137 e. The van der Waals surface area contributed by atoms with Crippen molar-refractivity contribution in [3.63, 3.8) is 0 Å². The summed E-state index contributed by atoms with van der Waals surface area (Å²) in [5, 5.41) is 0.794. The second-order valence-corrected chi connectivity index (χ2v) is 6.61. The van der Waals surface area contributed by atoms with E-state index in [1.54, 1.807) is 0 Å². The molecule has 3 nitrogen and oxygen atoms in total. The van der Waals surface area contributed by atoms with Gasteiger partial charge >= 0.3 is 0 Å². The van der Waals surface area contributed by atoms with Crippen LogP contribution >= 0.6 is 11.6 Å². The number of nitrogens with zero attached hydrogens (tertiary/aromatic N) is 2. The number of carbonyl (C=O) groups is 1. The van der Waals surface area contributed by atoms with Crippen molar-refractivity contribution in [2.45, 2.75) is 25.7 Å². The van der Waals surface area contributed by atoms with Crippen LogP contribution in [-0.4, -0.2) is 43.4 Å². The quantitative estimate of drug-likeness (QED) is 0.856. The summed E-state index contributed by atoms with van der Waals surface area (Å²) in [5.74, 6) is 0.773. The average molecular weight is 307 g/mol. The van der Waals surface area contributed by atoms with Crippen LogP contribution in [0.15, 0.2) is 24.3 Å². The van der Waals surface area contributed by atoms with E-state index in [1.165, 1.54) is 12.1 Å². The van der Waals surface area contributed by atoms with E-state index < -0.39 is 0 Å². The van der Waals surface area contributed by atoms with Gasteiger partial charge in [-0.05, 0) is 31.0 Å². The summed E-state index contributed by atoms with van der Waals surface area (Å²) in [6.07, 6.45) is 4.21. The molecule has 1 aliphatic carbocycles. The molecule has 1 aliphatic heterocycles. The summed E-state index contributed by atoms with van der Waals surface area (Å²) in [6, 6.07) is 8.06. The molecule has 1 aromatic carbocycles. The van der Waals surface area contributed by atoms with E-state index in [-0.39, 0.29) is 5.92 Å². The number of benzene rings is 1. The number of Topliss-reactive ketones (excluding diaryl/α,β-unsaturated/α-hetero) is 1. The first-order chi connectivity index (χ1) is 10.2. The van der Waals surface area contributed by atoms with Crippen LogP contribution in [0.25, 0.3) is 0 Å². The fraction of sp³-hybridized carbons (Fsp3) is 0.588. The number of carbonyl (C=O) groups excluding carboxylic acids is 1. The second kappa shape index (κ2) is 6.80. The molecule has 114 valence electrons. The summed E-state index contributed by atoms with van der Waals surface area (Å²) in [6.45, 7) is 5.07.